The van der Waals surface area contributed by atoms with Crippen LogP contribution in [-0.4, -0.2) is 48.5 Å². The molecule has 30 heavy (non-hydrogen) atoms. The number of anilines is 2. The lowest BCUT2D eigenvalue weighted by atomic mass is 10.1. The van der Waals surface area contributed by atoms with Crippen molar-refractivity contribution in [2.24, 2.45) is 10.3 Å². The Hall–Kier alpha value is -3.46. The highest BCUT2D eigenvalue weighted by molar-refractivity contribution is 6.33. The predicted molar refractivity (Wildman–Crippen MR) is 109 cm³/mol. The summed E-state index contributed by atoms with van der Waals surface area (Å²) in [6.07, 6.45) is 0. The molecule has 0 saturated carbocycles. The zero-order chi connectivity index (χ0) is 21.4. The fourth-order valence-electron chi connectivity index (χ4n) is 3.39. The van der Waals surface area contributed by atoms with Gasteiger partial charge in [-0.2, -0.15) is 5.11 Å². The average molecular weight is 428 g/mol. The number of benzene rings is 2. The van der Waals surface area contributed by atoms with Crippen molar-refractivity contribution in [1.82, 2.24) is 5.01 Å². The molecule has 0 radical (unpaired) electrons. The van der Waals surface area contributed by atoms with Gasteiger partial charge in [-0.05, 0) is 37.3 Å². The van der Waals surface area contributed by atoms with Gasteiger partial charge in [0.2, 0.25) is 5.91 Å². The number of nitrogens with zero attached hydrogens (tertiary/aromatic N) is 4. The van der Waals surface area contributed by atoms with Gasteiger partial charge in [0.15, 0.2) is 12.1 Å². The maximum atomic E-state index is 13.0. The number of carbonyl (C=O) groups is 3. The van der Waals surface area contributed by atoms with Crippen LogP contribution in [0.4, 0.5) is 11.4 Å². The number of carbonyl (C=O) groups excluding carboxylic acids is 3. The normalized spacial score (nSPS) is 20.0. The van der Waals surface area contributed by atoms with E-state index in [9.17, 15) is 14.4 Å². The Bertz CT molecular complexity index is 1060. The maximum Gasteiger partial charge on any atom is 0.263 e. The van der Waals surface area contributed by atoms with Crippen LogP contribution in [0.5, 0.6) is 5.75 Å². The maximum absolute atomic E-state index is 13.0. The van der Waals surface area contributed by atoms with Crippen LogP contribution in [0.2, 0.25) is 5.02 Å². The summed E-state index contributed by atoms with van der Waals surface area (Å²) in [5.74, 6) is -0.978. The molecule has 1 fully saturated rings. The summed E-state index contributed by atoms with van der Waals surface area (Å²) in [4.78, 5) is 39.2. The van der Waals surface area contributed by atoms with E-state index < -0.39 is 23.9 Å². The van der Waals surface area contributed by atoms with E-state index in [4.69, 9.17) is 16.3 Å². The molecule has 154 valence electrons. The smallest absolute Gasteiger partial charge is 0.263 e. The SMILES string of the molecule is COc1ccc(N2C(=O)[C@H]3N=NN(CC(=O)Nc4ccc(C)cc4)[C@@H]3C2=O)cc1Cl. The van der Waals surface area contributed by atoms with E-state index in [1.165, 1.54) is 18.2 Å². The molecular formula is C20H18ClN5O4. The summed E-state index contributed by atoms with van der Waals surface area (Å²) < 4.78 is 5.10. The van der Waals surface area contributed by atoms with Crippen LogP contribution in [0.25, 0.3) is 0 Å². The lowest BCUT2D eigenvalue weighted by Crippen LogP contribution is -2.43. The molecule has 2 aromatic rings. The number of halogens is 1. The Morgan fingerprint density at radius 3 is 2.57 bits per heavy atom. The molecule has 10 heteroatoms. The third-order valence-electron chi connectivity index (χ3n) is 4.89. The van der Waals surface area contributed by atoms with E-state index in [0.29, 0.717) is 17.1 Å². The summed E-state index contributed by atoms with van der Waals surface area (Å²) in [5, 5.41) is 12.0. The van der Waals surface area contributed by atoms with Crippen molar-refractivity contribution in [3.63, 3.8) is 0 Å². The van der Waals surface area contributed by atoms with Gasteiger partial charge >= 0.3 is 0 Å². The van der Waals surface area contributed by atoms with Gasteiger partial charge in [0.25, 0.3) is 11.8 Å². The molecule has 2 atom stereocenters. The highest BCUT2D eigenvalue weighted by Gasteiger charge is 2.55. The molecule has 3 amide bonds. The van der Waals surface area contributed by atoms with Gasteiger partial charge in [-0.3, -0.25) is 19.4 Å². The third-order valence-corrected chi connectivity index (χ3v) is 5.19. The quantitative estimate of drug-likeness (QED) is 0.738. The van der Waals surface area contributed by atoms with Crippen molar-refractivity contribution in [2.45, 2.75) is 19.0 Å². The number of ether oxygens (including phenoxy) is 1. The monoisotopic (exact) mass is 427 g/mol. The lowest BCUT2D eigenvalue weighted by molar-refractivity contribution is -0.123. The third kappa shape index (κ3) is 3.48. The minimum Gasteiger partial charge on any atom is -0.495 e. The summed E-state index contributed by atoms with van der Waals surface area (Å²) >= 11 is 6.13. The molecule has 0 unspecified atom stereocenters. The molecule has 2 aliphatic heterocycles. The summed E-state index contributed by atoms with van der Waals surface area (Å²) in [7, 11) is 1.47. The van der Waals surface area contributed by atoms with E-state index in [1.54, 1.807) is 24.3 Å². The number of rotatable bonds is 5. The number of methoxy groups -OCH3 is 1. The molecular weight excluding hydrogens is 410 g/mol. The molecule has 4 rings (SSSR count). The van der Waals surface area contributed by atoms with Crippen molar-refractivity contribution in [1.29, 1.82) is 0 Å². The first-order valence-corrected chi connectivity index (χ1v) is 9.52. The number of hydrogen-bond acceptors (Lipinski definition) is 7. The van der Waals surface area contributed by atoms with E-state index in [0.717, 1.165) is 10.5 Å². The van der Waals surface area contributed by atoms with Crippen LogP contribution in [0.1, 0.15) is 5.56 Å². The number of fused-ring (bicyclic) bond motifs is 1. The Balaban J connectivity index is 1.49. The van der Waals surface area contributed by atoms with Crippen LogP contribution >= 0.6 is 11.6 Å². The van der Waals surface area contributed by atoms with Crippen LogP contribution in [0.15, 0.2) is 52.8 Å². The Morgan fingerprint density at radius 2 is 1.90 bits per heavy atom. The van der Waals surface area contributed by atoms with Crippen LogP contribution in [0.3, 0.4) is 0 Å². The molecule has 0 bridgehead atoms. The van der Waals surface area contributed by atoms with Gasteiger partial charge < -0.3 is 10.1 Å². The molecule has 1 saturated heterocycles. The fraction of sp³-hybridized carbons (Fsp3) is 0.250. The van der Waals surface area contributed by atoms with Crippen molar-refractivity contribution < 1.29 is 19.1 Å². The summed E-state index contributed by atoms with van der Waals surface area (Å²) in [6, 6.07) is 9.95. The molecule has 2 heterocycles. The minimum absolute atomic E-state index is 0.214. The van der Waals surface area contributed by atoms with Gasteiger partial charge in [-0.15, -0.1) is 0 Å². The number of amides is 3. The van der Waals surface area contributed by atoms with E-state index in [1.807, 2.05) is 19.1 Å². The topological polar surface area (TPSA) is 104 Å². The standard InChI is InChI=1S/C20H18ClN5O4/c1-11-3-5-12(6-4-11)22-16(27)10-25-18-17(23-24-25)19(28)26(20(18)29)13-7-8-15(30-2)14(21)9-13/h3-9,17-18H,10H2,1-2H3,(H,22,27)/t17-,18-/m0/s1. The first kappa shape index (κ1) is 19.8. The number of imide groups is 1. The van der Waals surface area contributed by atoms with E-state index in [-0.39, 0.29) is 17.5 Å². The van der Waals surface area contributed by atoms with Crippen molar-refractivity contribution >= 4 is 40.7 Å². The summed E-state index contributed by atoms with van der Waals surface area (Å²) in [6.45, 7) is 1.73. The first-order chi connectivity index (χ1) is 14.4. The van der Waals surface area contributed by atoms with Crippen molar-refractivity contribution in [2.75, 3.05) is 23.9 Å². The number of aryl methyl sites for hydroxylation is 1. The second-order valence-electron chi connectivity index (χ2n) is 6.94. The van der Waals surface area contributed by atoms with Crippen LogP contribution in [0, 0.1) is 6.92 Å². The molecule has 2 aliphatic rings. The molecule has 1 N–H and O–H groups in total. The Morgan fingerprint density at radius 1 is 1.17 bits per heavy atom. The Kier molecular flexibility index (Phi) is 5.13. The molecule has 0 aromatic heterocycles. The zero-order valence-electron chi connectivity index (χ0n) is 16.2. The predicted octanol–water partition coefficient (Wildman–Crippen LogP) is 2.59. The highest BCUT2D eigenvalue weighted by atomic mass is 35.5. The van der Waals surface area contributed by atoms with E-state index in [2.05, 4.69) is 15.7 Å². The Labute approximate surface area is 177 Å². The van der Waals surface area contributed by atoms with Gasteiger partial charge in [0, 0.05) is 5.69 Å². The second kappa shape index (κ2) is 7.75. The first-order valence-electron chi connectivity index (χ1n) is 9.14. The highest BCUT2D eigenvalue weighted by Crippen LogP contribution is 2.35. The average Bonchev–Trinajstić information content (AvgIpc) is 3.23. The largest absolute Gasteiger partial charge is 0.495 e. The molecule has 2 aromatic carbocycles. The van der Waals surface area contributed by atoms with Gasteiger partial charge in [-0.1, -0.05) is 34.5 Å². The van der Waals surface area contributed by atoms with Gasteiger partial charge in [0.05, 0.1) is 17.8 Å². The van der Waals surface area contributed by atoms with E-state index >= 15 is 0 Å². The molecule has 9 nitrogen and oxygen atoms in total. The van der Waals surface area contributed by atoms with Crippen molar-refractivity contribution in [3.8, 4) is 5.75 Å². The van der Waals surface area contributed by atoms with Crippen LogP contribution < -0.4 is 15.0 Å². The van der Waals surface area contributed by atoms with Crippen LogP contribution in [-0.2, 0) is 14.4 Å². The van der Waals surface area contributed by atoms with Gasteiger partial charge in [0.1, 0.15) is 12.3 Å². The lowest BCUT2D eigenvalue weighted by Gasteiger charge is -2.20. The zero-order valence-corrected chi connectivity index (χ0v) is 17.0. The minimum atomic E-state index is -0.995. The number of hydrogen-bond donors (Lipinski definition) is 1. The molecule has 0 spiro atoms. The summed E-state index contributed by atoms with van der Waals surface area (Å²) in [5.41, 5.74) is 2.00. The number of nitrogens with one attached hydrogen (secondary N) is 1. The second-order valence-corrected chi connectivity index (χ2v) is 7.34. The molecule has 0 aliphatic carbocycles. The fourth-order valence-corrected chi connectivity index (χ4v) is 3.64. The van der Waals surface area contributed by atoms with Gasteiger partial charge in [-0.25, -0.2) is 4.90 Å². The van der Waals surface area contributed by atoms with Crippen molar-refractivity contribution in [3.05, 3.63) is 53.1 Å².